The lowest BCUT2D eigenvalue weighted by Gasteiger charge is -2.26. The number of anilines is 1. The minimum atomic E-state index is 0.285. The van der Waals surface area contributed by atoms with Crippen LogP contribution < -0.4 is 10.2 Å². The van der Waals surface area contributed by atoms with Gasteiger partial charge < -0.3 is 19.4 Å². The zero-order chi connectivity index (χ0) is 13.5. The van der Waals surface area contributed by atoms with Gasteiger partial charge in [0.2, 0.25) is 5.89 Å². The number of nitrogens with one attached hydrogen (secondary N) is 1. The normalized spacial score (nSPS) is 19.6. The Kier molecular flexibility index (Phi) is 5.60. The Morgan fingerprint density at radius 1 is 1.37 bits per heavy atom. The lowest BCUT2D eigenvalue weighted by Crippen LogP contribution is -2.33. The van der Waals surface area contributed by atoms with E-state index in [2.05, 4.69) is 22.4 Å². The van der Waals surface area contributed by atoms with Crippen molar-refractivity contribution < 1.29 is 9.15 Å². The van der Waals surface area contributed by atoms with Gasteiger partial charge in [-0.25, -0.2) is 0 Å². The Morgan fingerprint density at radius 2 is 2.26 bits per heavy atom. The van der Waals surface area contributed by atoms with Crippen molar-refractivity contribution in [2.45, 2.75) is 45.3 Å². The molecular weight excluding hydrogens is 244 g/mol. The molecule has 1 N–H and O–H groups in total. The smallest absolute Gasteiger partial charge is 0.318 e. The molecule has 6 nitrogen and oxygen atoms in total. The van der Waals surface area contributed by atoms with Crippen LogP contribution in [0.1, 0.15) is 38.5 Å². The van der Waals surface area contributed by atoms with E-state index in [1.165, 1.54) is 12.8 Å². The molecule has 1 aromatic rings. The van der Waals surface area contributed by atoms with E-state index in [1.54, 1.807) is 0 Å². The van der Waals surface area contributed by atoms with Crippen LogP contribution in [0.4, 0.5) is 6.01 Å². The lowest BCUT2D eigenvalue weighted by molar-refractivity contribution is 0.0211. The molecular formula is C13H24N4O2. The summed E-state index contributed by atoms with van der Waals surface area (Å²) in [5.41, 5.74) is 0. The zero-order valence-electron chi connectivity index (χ0n) is 11.9. The number of ether oxygens (including phenoxy) is 1. The fraction of sp³-hybridized carbons (Fsp3) is 0.846. The lowest BCUT2D eigenvalue weighted by atomic mass is 10.1. The van der Waals surface area contributed by atoms with E-state index in [0.717, 1.165) is 32.5 Å². The highest BCUT2D eigenvalue weighted by Gasteiger charge is 2.18. The average molecular weight is 268 g/mol. The van der Waals surface area contributed by atoms with Crippen LogP contribution in [-0.4, -0.2) is 43.0 Å². The number of likely N-dealkylation sites (N-methyl/N-ethyl adjacent to an activating group) is 1. The average Bonchev–Trinajstić information content (AvgIpc) is 2.89. The van der Waals surface area contributed by atoms with Gasteiger partial charge in [-0.15, -0.1) is 5.10 Å². The fourth-order valence-electron chi connectivity index (χ4n) is 2.18. The summed E-state index contributed by atoms with van der Waals surface area (Å²) in [6.07, 6.45) is 4.92. The van der Waals surface area contributed by atoms with Gasteiger partial charge in [0.1, 0.15) is 0 Å². The van der Waals surface area contributed by atoms with Crippen molar-refractivity contribution in [1.29, 1.82) is 0 Å². The van der Waals surface area contributed by atoms with Gasteiger partial charge >= 0.3 is 6.01 Å². The maximum Gasteiger partial charge on any atom is 0.318 e. The highest BCUT2D eigenvalue weighted by Crippen LogP contribution is 2.17. The molecule has 6 heteroatoms. The molecule has 1 saturated heterocycles. The van der Waals surface area contributed by atoms with Gasteiger partial charge in [-0.2, -0.15) is 0 Å². The number of nitrogens with zero attached hydrogens (tertiary/aromatic N) is 3. The summed E-state index contributed by atoms with van der Waals surface area (Å²) in [5.74, 6) is 0.639. The van der Waals surface area contributed by atoms with Crippen molar-refractivity contribution in [2.24, 2.45) is 0 Å². The second-order valence-corrected chi connectivity index (χ2v) is 5.02. The first-order chi connectivity index (χ1) is 9.29. The van der Waals surface area contributed by atoms with E-state index in [0.29, 0.717) is 18.5 Å². The first-order valence-electron chi connectivity index (χ1n) is 7.15. The van der Waals surface area contributed by atoms with Gasteiger partial charge in [0.15, 0.2) is 0 Å². The van der Waals surface area contributed by atoms with E-state index in [4.69, 9.17) is 9.15 Å². The predicted octanol–water partition coefficient (Wildman–Crippen LogP) is 1.57. The molecule has 108 valence electrons. The van der Waals surface area contributed by atoms with Crippen LogP contribution in [0.25, 0.3) is 0 Å². The number of rotatable bonds is 7. The molecule has 0 aromatic carbocycles. The third-order valence-electron chi connectivity index (χ3n) is 3.24. The minimum Gasteiger partial charge on any atom is -0.407 e. The van der Waals surface area contributed by atoms with E-state index < -0.39 is 0 Å². The predicted molar refractivity (Wildman–Crippen MR) is 73.2 cm³/mol. The molecule has 2 heterocycles. The van der Waals surface area contributed by atoms with Gasteiger partial charge in [-0.05, 0) is 32.2 Å². The van der Waals surface area contributed by atoms with Crippen molar-refractivity contribution in [1.82, 2.24) is 15.5 Å². The highest BCUT2D eigenvalue weighted by molar-refractivity contribution is 5.22. The van der Waals surface area contributed by atoms with Crippen LogP contribution in [0.5, 0.6) is 0 Å². The molecule has 2 rings (SSSR count). The Labute approximate surface area is 114 Å². The molecule has 1 unspecified atom stereocenters. The Balaban J connectivity index is 1.79. The zero-order valence-corrected chi connectivity index (χ0v) is 11.9. The monoisotopic (exact) mass is 268 g/mol. The third kappa shape index (κ3) is 4.47. The first-order valence-corrected chi connectivity index (χ1v) is 7.15. The molecule has 0 radical (unpaired) electrons. The van der Waals surface area contributed by atoms with Crippen LogP contribution in [0.3, 0.4) is 0 Å². The minimum absolute atomic E-state index is 0.285. The van der Waals surface area contributed by atoms with Crippen LogP contribution in [0.2, 0.25) is 0 Å². The van der Waals surface area contributed by atoms with Crippen molar-refractivity contribution in [3.8, 4) is 0 Å². The molecule has 1 fully saturated rings. The molecule has 0 aliphatic carbocycles. The number of hydrogen-bond donors (Lipinski definition) is 1. The van der Waals surface area contributed by atoms with Gasteiger partial charge in [0.25, 0.3) is 0 Å². The topological polar surface area (TPSA) is 63.4 Å². The molecule has 0 saturated carbocycles. The molecule has 1 atom stereocenters. The van der Waals surface area contributed by atoms with E-state index in [1.807, 2.05) is 11.9 Å². The van der Waals surface area contributed by atoms with Crippen LogP contribution in [0.15, 0.2) is 4.42 Å². The van der Waals surface area contributed by atoms with Crippen LogP contribution >= 0.6 is 0 Å². The molecule has 1 aliphatic heterocycles. The van der Waals surface area contributed by atoms with Gasteiger partial charge in [0.05, 0.1) is 12.6 Å². The Hall–Kier alpha value is -1.14. The van der Waals surface area contributed by atoms with E-state index in [9.17, 15) is 0 Å². The van der Waals surface area contributed by atoms with Gasteiger partial charge in [0, 0.05) is 20.2 Å². The summed E-state index contributed by atoms with van der Waals surface area (Å²) in [4.78, 5) is 1.98. The van der Waals surface area contributed by atoms with E-state index >= 15 is 0 Å². The highest BCUT2D eigenvalue weighted by atomic mass is 16.5. The Bertz CT molecular complexity index is 363. The molecule has 0 bridgehead atoms. The maximum atomic E-state index is 5.71. The van der Waals surface area contributed by atoms with Crippen molar-refractivity contribution in [3.63, 3.8) is 0 Å². The molecule has 1 aliphatic rings. The maximum absolute atomic E-state index is 5.71. The Morgan fingerprint density at radius 3 is 3.00 bits per heavy atom. The van der Waals surface area contributed by atoms with E-state index in [-0.39, 0.29) is 6.10 Å². The van der Waals surface area contributed by atoms with Crippen LogP contribution in [0, 0.1) is 0 Å². The SMILES string of the molecule is CCCNCc1nnc(N(C)CC2CCCCO2)o1. The third-order valence-corrected chi connectivity index (χ3v) is 3.24. The molecule has 1 aromatic heterocycles. The first kappa shape index (κ1) is 14.3. The second kappa shape index (κ2) is 7.45. The molecule has 0 amide bonds. The van der Waals surface area contributed by atoms with Crippen molar-refractivity contribution >= 4 is 6.01 Å². The summed E-state index contributed by atoms with van der Waals surface area (Å²) in [7, 11) is 1.97. The quantitative estimate of drug-likeness (QED) is 0.757. The largest absolute Gasteiger partial charge is 0.407 e. The van der Waals surface area contributed by atoms with Gasteiger partial charge in [-0.3, -0.25) is 0 Å². The van der Waals surface area contributed by atoms with Crippen molar-refractivity contribution in [3.05, 3.63) is 5.89 Å². The standard InChI is InChI=1S/C13H24N4O2/c1-3-7-14-9-12-15-16-13(19-12)17(2)10-11-6-4-5-8-18-11/h11,14H,3-10H2,1-2H3. The fourth-order valence-corrected chi connectivity index (χ4v) is 2.18. The molecule has 19 heavy (non-hydrogen) atoms. The summed E-state index contributed by atoms with van der Waals surface area (Å²) in [6, 6.07) is 0.572. The summed E-state index contributed by atoms with van der Waals surface area (Å²) in [6.45, 7) is 5.40. The second-order valence-electron chi connectivity index (χ2n) is 5.02. The van der Waals surface area contributed by atoms with Crippen LogP contribution in [-0.2, 0) is 11.3 Å². The summed E-state index contributed by atoms with van der Waals surface area (Å²) in [5, 5.41) is 11.4. The number of hydrogen-bond acceptors (Lipinski definition) is 6. The van der Waals surface area contributed by atoms with Crippen molar-refractivity contribution in [2.75, 3.05) is 31.6 Å². The summed E-state index contributed by atoms with van der Waals surface area (Å²) >= 11 is 0. The van der Waals surface area contributed by atoms with Gasteiger partial charge in [-0.1, -0.05) is 12.0 Å². The summed E-state index contributed by atoms with van der Waals surface area (Å²) < 4.78 is 11.3. The number of aromatic nitrogens is 2. The molecule has 0 spiro atoms.